The summed E-state index contributed by atoms with van der Waals surface area (Å²) >= 11 is 3.30. The number of nitrogens with one attached hydrogen (secondary N) is 1. The predicted octanol–water partition coefficient (Wildman–Crippen LogP) is 1.48. The molecule has 0 aromatic carbocycles. The molecule has 5 N–H and O–H groups in total. The van der Waals surface area contributed by atoms with E-state index in [0.717, 1.165) is 10.8 Å². The molecule has 0 fully saturated rings. The Morgan fingerprint density at radius 3 is 2.31 bits per heavy atom. The molecule has 0 atom stereocenters. The van der Waals surface area contributed by atoms with E-state index >= 15 is 0 Å². The molecule has 4 nitrogen and oxygen atoms in total. The van der Waals surface area contributed by atoms with Crippen LogP contribution in [0.2, 0.25) is 0 Å². The van der Waals surface area contributed by atoms with Crippen molar-refractivity contribution in [1.82, 2.24) is 0 Å². The predicted molar refractivity (Wildman–Crippen MR) is 60.0 cm³/mol. The molecule has 0 aliphatic heterocycles. The first-order chi connectivity index (χ1) is 6.04. The van der Waals surface area contributed by atoms with E-state index in [1.165, 1.54) is 0 Å². The van der Waals surface area contributed by atoms with E-state index in [1.807, 2.05) is 13.0 Å². The fourth-order valence-electron chi connectivity index (χ4n) is 0.791. The van der Waals surface area contributed by atoms with E-state index in [0.29, 0.717) is 11.3 Å². The Labute approximate surface area is 86.0 Å². The molecule has 0 saturated carbocycles. The van der Waals surface area contributed by atoms with Gasteiger partial charge < -0.3 is 11.5 Å². The third-order valence-electron chi connectivity index (χ3n) is 1.35. The lowest BCUT2D eigenvalue weighted by Crippen LogP contribution is -2.19. The third-order valence-corrected chi connectivity index (χ3v) is 2.20. The number of hydrogen-bond donors (Lipinski definition) is 3. The molecule has 0 saturated heterocycles. The van der Waals surface area contributed by atoms with Crippen LogP contribution in [0.1, 0.15) is 13.8 Å². The highest BCUT2D eigenvalue weighted by molar-refractivity contribution is 9.12. The summed E-state index contributed by atoms with van der Waals surface area (Å²) in [5.41, 5.74) is 12.4. The molecule has 0 amide bonds. The lowest BCUT2D eigenvalue weighted by Gasteiger charge is -2.06. The van der Waals surface area contributed by atoms with Gasteiger partial charge in [-0.1, -0.05) is 22.0 Å². The minimum Gasteiger partial charge on any atom is -0.402 e. The molecule has 0 aliphatic rings. The maximum atomic E-state index is 6.77. The lowest BCUT2D eigenvalue weighted by atomic mass is 10.2. The molecular weight excluding hydrogens is 232 g/mol. The molecule has 0 aromatic rings. The molecular formula is C8H13BrN4. The topological polar surface area (TPSA) is 88.2 Å². The Hall–Kier alpha value is -1.10. The average Bonchev–Trinajstić information content (AvgIpc) is 2.04. The second-order valence-corrected chi connectivity index (χ2v) is 3.19. The Balaban J connectivity index is 5.20. The van der Waals surface area contributed by atoms with E-state index in [1.54, 1.807) is 6.92 Å². The summed E-state index contributed by atoms with van der Waals surface area (Å²) in [5.74, 6) is 0.236. The summed E-state index contributed by atoms with van der Waals surface area (Å²) in [6, 6.07) is 0. The van der Waals surface area contributed by atoms with E-state index in [9.17, 15) is 0 Å². The maximum absolute atomic E-state index is 6.77. The minimum atomic E-state index is 0.236. The normalized spacial score (nSPS) is 15.3. The minimum absolute atomic E-state index is 0.236. The summed E-state index contributed by atoms with van der Waals surface area (Å²) in [6.45, 7) is 3.58. The van der Waals surface area contributed by atoms with E-state index < -0.39 is 0 Å². The van der Waals surface area contributed by atoms with Crippen molar-refractivity contribution in [3.63, 3.8) is 0 Å². The van der Waals surface area contributed by atoms with Crippen molar-refractivity contribution in [1.29, 1.82) is 5.41 Å². The number of aliphatic imine (C=N–C) groups is 1. The number of nitrogens with two attached hydrogens (primary N) is 2. The van der Waals surface area contributed by atoms with Crippen molar-refractivity contribution in [2.75, 3.05) is 0 Å². The van der Waals surface area contributed by atoms with Crippen LogP contribution in [0, 0.1) is 5.41 Å². The second-order valence-electron chi connectivity index (χ2n) is 2.34. The number of allylic oxidation sites excluding steroid dienone is 2. The summed E-state index contributed by atoms with van der Waals surface area (Å²) in [4.78, 5) is 3.64. The molecule has 0 heterocycles. The Bertz CT molecular complexity index is 285. The van der Waals surface area contributed by atoms with Crippen molar-refractivity contribution >= 4 is 28.1 Å². The Kier molecular flexibility index (Phi) is 5.06. The Morgan fingerprint density at radius 1 is 1.46 bits per heavy atom. The van der Waals surface area contributed by atoms with Crippen molar-refractivity contribution < 1.29 is 0 Å². The molecule has 0 aromatic heterocycles. The van der Waals surface area contributed by atoms with Gasteiger partial charge in [-0.2, -0.15) is 0 Å². The van der Waals surface area contributed by atoms with Gasteiger partial charge in [0.25, 0.3) is 0 Å². The van der Waals surface area contributed by atoms with Gasteiger partial charge >= 0.3 is 0 Å². The van der Waals surface area contributed by atoms with Gasteiger partial charge in [0.1, 0.15) is 12.2 Å². The second kappa shape index (κ2) is 5.53. The first kappa shape index (κ1) is 11.9. The van der Waals surface area contributed by atoms with Gasteiger partial charge in [-0.3, -0.25) is 5.41 Å². The van der Waals surface area contributed by atoms with Crippen LogP contribution in [-0.4, -0.2) is 12.2 Å². The van der Waals surface area contributed by atoms with Crippen LogP contribution in [0.3, 0.4) is 0 Å². The van der Waals surface area contributed by atoms with Crippen LogP contribution in [0.25, 0.3) is 0 Å². The van der Waals surface area contributed by atoms with Gasteiger partial charge in [0, 0.05) is 15.8 Å². The van der Waals surface area contributed by atoms with Crippen molar-refractivity contribution in [2.45, 2.75) is 13.8 Å². The monoisotopic (exact) mass is 244 g/mol. The molecule has 72 valence electrons. The van der Waals surface area contributed by atoms with Gasteiger partial charge in [-0.05, 0) is 13.8 Å². The number of halogens is 1. The van der Waals surface area contributed by atoms with Gasteiger partial charge in [0.05, 0.1) is 0 Å². The van der Waals surface area contributed by atoms with Gasteiger partial charge in [0.15, 0.2) is 0 Å². The molecule has 0 rings (SSSR count). The van der Waals surface area contributed by atoms with Crippen molar-refractivity contribution in [2.24, 2.45) is 16.5 Å². The summed E-state index contributed by atoms with van der Waals surface area (Å²) in [6.07, 6.45) is 2.70. The largest absolute Gasteiger partial charge is 0.402 e. The first-order valence-corrected chi connectivity index (χ1v) is 4.45. The van der Waals surface area contributed by atoms with E-state index in [2.05, 4.69) is 20.9 Å². The number of nitrogens with zero attached hydrogens (tertiary/aromatic N) is 1. The smallest absolute Gasteiger partial charge is 0.135 e. The summed E-state index contributed by atoms with van der Waals surface area (Å²) < 4.78 is 0.774. The van der Waals surface area contributed by atoms with Gasteiger partial charge in [0.2, 0.25) is 0 Å². The highest BCUT2D eigenvalue weighted by Gasteiger charge is 2.08. The Morgan fingerprint density at radius 2 is 2.00 bits per heavy atom. The SMILES string of the molecule is C\C=C(Br)/C(=C(/C)N)C(/N)=N\C=N. The van der Waals surface area contributed by atoms with E-state index in [-0.39, 0.29) is 5.84 Å². The molecule has 0 bridgehead atoms. The highest BCUT2D eigenvalue weighted by Crippen LogP contribution is 2.18. The number of rotatable bonds is 3. The van der Waals surface area contributed by atoms with Gasteiger partial charge in [-0.25, -0.2) is 4.99 Å². The molecule has 0 radical (unpaired) electrons. The summed E-state index contributed by atoms with van der Waals surface area (Å²) in [5, 5.41) is 6.77. The quantitative estimate of drug-likeness (QED) is 0.399. The summed E-state index contributed by atoms with van der Waals surface area (Å²) in [7, 11) is 0. The maximum Gasteiger partial charge on any atom is 0.135 e. The molecule has 0 spiro atoms. The molecule has 5 heteroatoms. The van der Waals surface area contributed by atoms with Crippen LogP contribution in [0.15, 0.2) is 26.8 Å². The fraction of sp³-hybridized carbons (Fsp3) is 0.250. The zero-order valence-corrected chi connectivity index (χ0v) is 9.22. The molecule has 0 aliphatic carbocycles. The third kappa shape index (κ3) is 3.42. The van der Waals surface area contributed by atoms with Crippen LogP contribution in [-0.2, 0) is 0 Å². The van der Waals surface area contributed by atoms with Crippen LogP contribution >= 0.6 is 15.9 Å². The number of hydrogen-bond acceptors (Lipinski definition) is 2. The standard InChI is InChI=1S/C8H13BrN4/c1-3-6(9)7(5(2)11)8(12)13-4-10/h3-4H,11H2,1-2H3,(H3,10,12,13)/b6-3+,7-5+. The van der Waals surface area contributed by atoms with Crippen LogP contribution in [0.4, 0.5) is 0 Å². The van der Waals surface area contributed by atoms with Gasteiger partial charge in [-0.15, -0.1) is 0 Å². The zero-order chi connectivity index (χ0) is 10.4. The van der Waals surface area contributed by atoms with Crippen LogP contribution in [0.5, 0.6) is 0 Å². The highest BCUT2D eigenvalue weighted by atomic mass is 79.9. The van der Waals surface area contributed by atoms with Crippen molar-refractivity contribution in [3.8, 4) is 0 Å². The van der Waals surface area contributed by atoms with Crippen LogP contribution < -0.4 is 11.5 Å². The first-order valence-electron chi connectivity index (χ1n) is 3.65. The number of amidine groups is 1. The molecule has 0 unspecified atom stereocenters. The average molecular weight is 245 g/mol. The fourth-order valence-corrected chi connectivity index (χ4v) is 1.31. The van der Waals surface area contributed by atoms with E-state index in [4.69, 9.17) is 16.9 Å². The zero-order valence-electron chi connectivity index (χ0n) is 7.63. The lowest BCUT2D eigenvalue weighted by molar-refractivity contribution is 1.27. The van der Waals surface area contributed by atoms with Crippen molar-refractivity contribution in [3.05, 3.63) is 21.8 Å². The molecule has 13 heavy (non-hydrogen) atoms.